The highest BCUT2D eigenvalue weighted by atomic mass is 32.1. The van der Waals surface area contributed by atoms with Gasteiger partial charge in [-0.2, -0.15) is 0 Å². The van der Waals surface area contributed by atoms with Crippen LogP contribution in [0.25, 0.3) is 10.6 Å². The fourth-order valence-corrected chi connectivity index (χ4v) is 3.26. The molecule has 0 unspecified atom stereocenters. The summed E-state index contributed by atoms with van der Waals surface area (Å²) in [5.41, 5.74) is 2.12. The predicted octanol–water partition coefficient (Wildman–Crippen LogP) is 2.73. The second-order valence-corrected chi connectivity index (χ2v) is 6.83. The van der Waals surface area contributed by atoms with Crippen molar-refractivity contribution in [1.29, 1.82) is 0 Å². The maximum absolute atomic E-state index is 11.8. The topological polar surface area (TPSA) is 54.0 Å². The number of carbonyl (C=O) groups excluding carboxylic acids is 1. The molecule has 116 valence electrons. The molecular formula is C17H21N3OS. The van der Waals surface area contributed by atoms with E-state index in [2.05, 4.69) is 27.8 Å². The molecule has 1 aromatic heterocycles. The molecule has 0 spiro atoms. The number of thiazole rings is 1. The van der Waals surface area contributed by atoms with E-state index in [0.29, 0.717) is 13.1 Å². The fraction of sp³-hybridized carbons (Fsp3) is 0.412. The Labute approximate surface area is 135 Å². The lowest BCUT2D eigenvalue weighted by atomic mass is 10.2. The van der Waals surface area contributed by atoms with E-state index in [1.54, 1.807) is 11.3 Å². The van der Waals surface area contributed by atoms with E-state index in [0.717, 1.165) is 33.6 Å². The lowest BCUT2D eigenvalue weighted by Gasteiger charge is -2.05. The Kier molecular flexibility index (Phi) is 4.85. The van der Waals surface area contributed by atoms with Crippen molar-refractivity contribution >= 4 is 17.2 Å². The molecule has 1 fully saturated rings. The van der Waals surface area contributed by atoms with E-state index in [-0.39, 0.29) is 5.91 Å². The summed E-state index contributed by atoms with van der Waals surface area (Å²) in [4.78, 5) is 17.5. The number of hydrogen-bond donors (Lipinski definition) is 2. The highest BCUT2D eigenvalue weighted by molar-refractivity contribution is 7.15. The molecule has 0 aliphatic heterocycles. The molecule has 5 heteroatoms. The maximum Gasteiger partial charge on any atom is 0.234 e. The number of nitrogens with zero attached hydrogens (tertiary/aromatic N) is 1. The molecule has 1 amide bonds. The van der Waals surface area contributed by atoms with Crippen molar-refractivity contribution in [2.24, 2.45) is 5.92 Å². The highest BCUT2D eigenvalue weighted by Crippen LogP contribution is 2.28. The Morgan fingerprint density at radius 1 is 1.32 bits per heavy atom. The smallest absolute Gasteiger partial charge is 0.234 e. The predicted molar refractivity (Wildman–Crippen MR) is 89.7 cm³/mol. The van der Waals surface area contributed by atoms with Gasteiger partial charge in [-0.3, -0.25) is 4.79 Å². The van der Waals surface area contributed by atoms with Crippen molar-refractivity contribution in [2.45, 2.75) is 26.3 Å². The summed E-state index contributed by atoms with van der Waals surface area (Å²) in [6.07, 6.45) is 2.61. The largest absolute Gasteiger partial charge is 0.350 e. The zero-order valence-corrected chi connectivity index (χ0v) is 13.6. The number of aromatic nitrogens is 1. The number of aryl methyl sites for hydroxylation is 1. The van der Waals surface area contributed by atoms with E-state index in [9.17, 15) is 4.79 Å². The normalized spacial score (nSPS) is 14.0. The molecule has 3 rings (SSSR count). The van der Waals surface area contributed by atoms with Gasteiger partial charge in [-0.05, 0) is 32.2 Å². The van der Waals surface area contributed by atoms with Gasteiger partial charge in [0.2, 0.25) is 5.91 Å². The van der Waals surface area contributed by atoms with Gasteiger partial charge in [0.1, 0.15) is 5.01 Å². The lowest BCUT2D eigenvalue weighted by Crippen LogP contribution is -2.34. The number of amides is 1. The van der Waals surface area contributed by atoms with Crippen molar-refractivity contribution in [3.63, 3.8) is 0 Å². The van der Waals surface area contributed by atoms with Crippen LogP contribution in [-0.4, -0.2) is 24.0 Å². The van der Waals surface area contributed by atoms with Gasteiger partial charge in [0, 0.05) is 10.4 Å². The summed E-state index contributed by atoms with van der Waals surface area (Å²) in [5, 5.41) is 7.18. The van der Waals surface area contributed by atoms with Crippen LogP contribution in [0.3, 0.4) is 0 Å². The van der Waals surface area contributed by atoms with E-state index in [1.807, 2.05) is 25.1 Å². The second-order valence-electron chi connectivity index (χ2n) is 5.74. The summed E-state index contributed by atoms with van der Waals surface area (Å²) in [7, 11) is 0. The van der Waals surface area contributed by atoms with Crippen LogP contribution in [0, 0.1) is 12.8 Å². The summed E-state index contributed by atoms with van der Waals surface area (Å²) in [6, 6.07) is 10.1. The first-order valence-electron chi connectivity index (χ1n) is 7.71. The average Bonchev–Trinajstić information content (AvgIpc) is 3.28. The molecule has 1 aliphatic carbocycles. The Morgan fingerprint density at radius 2 is 2.09 bits per heavy atom. The standard InChI is InChI=1S/C17H21N3OS/c1-12-15(10-19-16(21)11-18-9-13-7-8-13)22-17(20-12)14-5-3-2-4-6-14/h2-6,13,18H,7-11H2,1H3,(H,19,21). The number of hydrogen-bond acceptors (Lipinski definition) is 4. The third-order valence-electron chi connectivity index (χ3n) is 3.78. The van der Waals surface area contributed by atoms with Gasteiger partial charge in [0.05, 0.1) is 18.8 Å². The summed E-state index contributed by atoms with van der Waals surface area (Å²) in [6.45, 7) is 3.92. The molecule has 0 radical (unpaired) electrons. The van der Waals surface area contributed by atoms with Gasteiger partial charge in [0.15, 0.2) is 0 Å². The van der Waals surface area contributed by atoms with Crippen LogP contribution in [0.2, 0.25) is 0 Å². The quantitative estimate of drug-likeness (QED) is 0.826. The SMILES string of the molecule is Cc1nc(-c2ccccc2)sc1CNC(=O)CNCC1CC1. The minimum Gasteiger partial charge on any atom is -0.350 e. The molecule has 1 aliphatic rings. The van der Waals surface area contributed by atoms with Crippen LogP contribution in [-0.2, 0) is 11.3 Å². The lowest BCUT2D eigenvalue weighted by molar-refractivity contribution is -0.120. The van der Waals surface area contributed by atoms with Gasteiger partial charge in [0.25, 0.3) is 0 Å². The van der Waals surface area contributed by atoms with Gasteiger partial charge in [-0.25, -0.2) is 4.98 Å². The van der Waals surface area contributed by atoms with E-state index in [4.69, 9.17) is 0 Å². The Hall–Kier alpha value is -1.72. The number of benzene rings is 1. The molecule has 1 saturated carbocycles. The van der Waals surface area contributed by atoms with Crippen molar-refractivity contribution in [2.75, 3.05) is 13.1 Å². The zero-order valence-electron chi connectivity index (χ0n) is 12.8. The van der Waals surface area contributed by atoms with E-state index in [1.165, 1.54) is 12.8 Å². The highest BCUT2D eigenvalue weighted by Gasteiger charge is 2.20. The molecule has 2 aromatic rings. The van der Waals surface area contributed by atoms with Gasteiger partial charge < -0.3 is 10.6 Å². The Morgan fingerprint density at radius 3 is 2.82 bits per heavy atom. The second kappa shape index (κ2) is 7.03. The third-order valence-corrected chi connectivity index (χ3v) is 4.98. The van der Waals surface area contributed by atoms with Crippen molar-refractivity contribution in [3.8, 4) is 10.6 Å². The van der Waals surface area contributed by atoms with Crippen molar-refractivity contribution < 1.29 is 4.79 Å². The van der Waals surface area contributed by atoms with Crippen molar-refractivity contribution in [1.82, 2.24) is 15.6 Å². The first kappa shape index (κ1) is 15.2. The van der Waals surface area contributed by atoms with Crippen LogP contribution in [0.1, 0.15) is 23.4 Å². The molecule has 0 bridgehead atoms. The summed E-state index contributed by atoms with van der Waals surface area (Å²) < 4.78 is 0. The summed E-state index contributed by atoms with van der Waals surface area (Å²) in [5.74, 6) is 0.847. The number of nitrogens with one attached hydrogen (secondary N) is 2. The van der Waals surface area contributed by atoms with E-state index < -0.39 is 0 Å². The Balaban J connectivity index is 1.51. The van der Waals surface area contributed by atoms with Crippen LogP contribution >= 0.6 is 11.3 Å². The summed E-state index contributed by atoms with van der Waals surface area (Å²) >= 11 is 1.65. The minimum atomic E-state index is 0.0507. The molecule has 22 heavy (non-hydrogen) atoms. The Bertz CT molecular complexity index is 635. The van der Waals surface area contributed by atoms with Crippen molar-refractivity contribution in [3.05, 3.63) is 40.9 Å². The van der Waals surface area contributed by atoms with Crippen LogP contribution in [0.4, 0.5) is 0 Å². The van der Waals surface area contributed by atoms with Crippen LogP contribution in [0.5, 0.6) is 0 Å². The van der Waals surface area contributed by atoms with Crippen LogP contribution < -0.4 is 10.6 Å². The molecule has 0 saturated heterocycles. The fourth-order valence-electron chi connectivity index (χ4n) is 2.25. The van der Waals surface area contributed by atoms with Gasteiger partial charge in [-0.1, -0.05) is 30.3 Å². The molecule has 4 nitrogen and oxygen atoms in total. The molecule has 0 atom stereocenters. The van der Waals surface area contributed by atoms with E-state index >= 15 is 0 Å². The monoisotopic (exact) mass is 315 g/mol. The average molecular weight is 315 g/mol. The minimum absolute atomic E-state index is 0.0507. The molecular weight excluding hydrogens is 294 g/mol. The first-order valence-corrected chi connectivity index (χ1v) is 8.53. The number of carbonyl (C=O) groups is 1. The molecule has 1 aromatic carbocycles. The van der Waals surface area contributed by atoms with Crippen LogP contribution in [0.15, 0.2) is 30.3 Å². The number of rotatable bonds is 7. The zero-order chi connectivity index (χ0) is 15.4. The molecule has 1 heterocycles. The molecule has 2 N–H and O–H groups in total. The maximum atomic E-state index is 11.8. The van der Waals surface area contributed by atoms with Gasteiger partial charge in [-0.15, -0.1) is 11.3 Å². The third kappa shape index (κ3) is 4.15. The van der Waals surface area contributed by atoms with Gasteiger partial charge >= 0.3 is 0 Å². The first-order chi connectivity index (χ1) is 10.7.